The van der Waals surface area contributed by atoms with Crippen molar-refractivity contribution in [1.29, 1.82) is 0 Å². The van der Waals surface area contributed by atoms with Crippen LogP contribution in [-0.4, -0.2) is 19.5 Å². The number of fused-ring (bicyclic) bond motifs is 3. The van der Waals surface area contributed by atoms with Crippen molar-refractivity contribution < 1.29 is 0 Å². The average molecular weight is 745 g/mol. The first kappa shape index (κ1) is 35.0. The molecule has 0 N–H and O–H groups in total. The highest BCUT2D eigenvalue weighted by atomic mass is 15.0. The van der Waals surface area contributed by atoms with Crippen molar-refractivity contribution in [3.63, 3.8) is 0 Å². The monoisotopic (exact) mass is 744 g/mol. The topological polar surface area (TPSA) is 43.6 Å². The average Bonchev–Trinajstić information content (AvgIpc) is 3.62. The van der Waals surface area contributed by atoms with Gasteiger partial charge in [-0.3, -0.25) is 0 Å². The van der Waals surface area contributed by atoms with E-state index in [9.17, 15) is 0 Å². The smallest absolute Gasteiger partial charge is 0.164 e. The molecule has 8 aromatic carbocycles. The molecule has 0 unspecified atom stereocenters. The summed E-state index contributed by atoms with van der Waals surface area (Å²) in [5.74, 6) is 1.87. The zero-order chi connectivity index (χ0) is 39.1. The number of hydrogen-bond acceptors (Lipinski definition) is 3. The number of aryl methyl sites for hydroxylation is 2. The van der Waals surface area contributed by atoms with Crippen LogP contribution in [0.5, 0.6) is 0 Å². The van der Waals surface area contributed by atoms with E-state index in [1.165, 1.54) is 27.5 Å². The molecule has 0 saturated carbocycles. The highest BCUT2D eigenvalue weighted by Crippen LogP contribution is 2.46. The summed E-state index contributed by atoms with van der Waals surface area (Å²) in [7, 11) is 0. The molecule has 4 heteroatoms. The van der Waals surface area contributed by atoms with Gasteiger partial charge in [-0.2, -0.15) is 0 Å². The fourth-order valence-electron chi connectivity index (χ4n) is 8.81. The Balaban J connectivity index is 1.19. The SMILES string of the molecule is Cc1cc(C)cc(-c2nc(-c3cccc(-n4c5ccccc5c5ccccc54)c3)nc(-c3cccc(C(c4ccccc4)(c4ccccc4)c4ccccc4)c3)n2)c1. The van der Waals surface area contributed by atoms with Gasteiger partial charge < -0.3 is 4.57 Å². The Kier molecular flexibility index (Phi) is 8.80. The lowest BCUT2D eigenvalue weighted by atomic mass is 9.65. The Labute approximate surface area is 338 Å². The maximum absolute atomic E-state index is 5.30. The van der Waals surface area contributed by atoms with Gasteiger partial charge in [-0.05, 0) is 78.6 Å². The van der Waals surface area contributed by atoms with E-state index in [4.69, 9.17) is 15.0 Å². The van der Waals surface area contributed by atoms with Gasteiger partial charge in [0.05, 0.1) is 16.4 Å². The van der Waals surface area contributed by atoms with E-state index in [2.05, 4.69) is 225 Å². The maximum atomic E-state index is 5.30. The van der Waals surface area contributed by atoms with Gasteiger partial charge in [0.15, 0.2) is 17.5 Å². The quantitative estimate of drug-likeness (QED) is 0.146. The third kappa shape index (κ3) is 6.07. The number of rotatable bonds is 8. The van der Waals surface area contributed by atoms with E-state index in [1.54, 1.807) is 0 Å². The first-order valence-corrected chi connectivity index (χ1v) is 19.8. The van der Waals surface area contributed by atoms with E-state index >= 15 is 0 Å². The van der Waals surface area contributed by atoms with Gasteiger partial charge in [-0.1, -0.05) is 175 Å². The molecule has 0 atom stereocenters. The second kappa shape index (κ2) is 14.6. The normalized spacial score (nSPS) is 11.6. The van der Waals surface area contributed by atoms with E-state index in [1.807, 2.05) is 0 Å². The second-order valence-corrected chi connectivity index (χ2v) is 15.0. The highest BCUT2D eigenvalue weighted by Gasteiger charge is 2.38. The van der Waals surface area contributed by atoms with E-state index in [0.717, 1.165) is 50.1 Å². The van der Waals surface area contributed by atoms with Gasteiger partial charge >= 0.3 is 0 Å². The van der Waals surface area contributed by atoms with Gasteiger partial charge in [0, 0.05) is 33.2 Å². The fourth-order valence-corrected chi connectivity index (χ4v) is 8.81. The number of benzene rings is 8. The van der Waals surface area contributed by atoms with Crippen molar-refractivity contribution in [2.45, 2.75) is 19.3 Å². The first-order chi connectivity index (χ1) is 28.6. The fraction of sp³-hybridized carbons (Fsp3) is 0.0556. The third-order valence-electron chi connectivity index (χ3n) is 11.2. The molecule has 10 rings (SSSR count). The molecule has 2 heterocycles. The molecular weight excluding hydrogens is 705 g/mol. The van der Waals surface area contributed by atoms with Crippen LogP contribution in [0.3, 0.4) is 0 Å². The van der Waals surface area contributed by atoms with Crippen molar-refractivity contribution >= 4 is 21.8 Å². The van der Waals surface area contributed by atoms with Crippen LogP contribution in [0, 0.1) is 13.8 Å². The second-order valence-electron chi connectivity index (χ2n) is 15.0. The summed E-state index contributed by atoms with van der Waals surface area (Å²) in [6, 6.07) is 73.4. The van der Waals surface area contributed by atoms with Crippen LogP contribution in [0.1, 0.15) is 33.4 Å². The summed E-state index contributed by atoms with van der Waals surface area (Å²) in [5.41, 5.74) is 12.5. The molecule has 0 amide bonds. The third-order valence-corrected chi connectivity index (χ3v) is 11.2. The molecule has 0 bridgehead atoms. The van der Waals surface area contributed by atoms with Crippen LogP contribution in [0.4, 0.5) is 0 Å². The summed E-state index contributed by atoms with van der Waals surface area (Å²) < 4.78 is 2.33. The van der Waals surface area contributed by atoms with Crippen LogP contribution in [0.2, 0.25) is 0 Å². The number of hydrogen-bond donors (Lipinski definition) is 0. The highest BCUT2D eigenvalue weighted by molar-refractivity contribution is 6.09. The minimum absolute atomic E-state index is 0.608. The summed E-state index contributed by atoms with van der Waals surface area (Å²) in [6.45, 7) is 4.24. The van der Waals surface area contributed by atoms with Gasteiger partial charge in [0.1, 0.15) is 0 Å². The molecular formula is C54H40N4. The standard InChI is InChI=1S/C54H40N4/c1-37-32-38(2)34-41(33-37)53-56-51(55-52(57-53)40-19-17-27-46(36-40)58-49-30-14-12-28-47(49)48-29-13-15-31-50(48)58)39-18-16-26-45(35-39)54(42-20-6-3-7-21-42,43-22-8-4-9-23-43)44-24-10-5-11-25-44/h3-36H,1-2H3. The summed E-state index contributed by atoms with van der Waals surface area (Å²) in [5, 5.41) is 2.45. The number of aromatic nitrogens is 4. The molecule has 4 nitrogen and oxygen atoms in total. The molecule has 0 aliphatic carbocycles. The van der Waals surface area contributed by atoms with Crippen molar-refractivity contribution in [3.8, 4) is 39.9 Å². The van der Waals surface area contributed by atoms with Gasteiger partial charge in [-0.25, -0.2) is 15.0 Å². The Hall–Kier alpha value is -7.43. The molecule has 276 valence electrons. The van der Waals surface area contributed by atoms with Crippen molar-refractivity contribution in [3.05, 3.63) is 240 Å². The van der Waals surface area contributed by atoms with Crippen LogP contribution < -0.4 is 0 Å². The lowest BCUT2D eigenvalue weighted by Gasteiger charge is -2.37. The summed E-state index contributed by atoms with van der Waals surface area (Å²) in [6.07, 6.45) is 0. The minimum atomic E-state index is -0.608. The Morgan fingerprint density at radius 1 is 0.345 bits per heavy atom. The first-order valence-electron chi connectivity index (χ1n) is 19.8. The van der Waals surface area contributed by atoms with E-state index in [-0.39, 0.29) is 0 Å². The Morgan fingerprint density at radius 3 is 1.28 bits per heavy atom. The minimum Gasteiger partial charge on any atom is -0.309 e. The van der Waals surface area contributed by atoms with Crippen molar-refractivity contribution in [2.24, 2.45) is 0 Å². The molecule has 0 spiro atoms. The zero-order valence-corrected chi connectivity index (χ0v) is 32.4. The van der Waals surface area contributed by atoms with Crippen molar-refractivity contribution in [2.75, 3.05) is 0 Å². The van der Waals surface area contributed by atoms with E-state index in [0.29, 0.717) is 17.5 Å². The molecule has 58 heavy (non-hydrogen) atoms. The lowest BCUT2D eigenvalue weighted by molar-refractivity contribution is 0.745. The predicted octanol–water partition coefficient (Wildman–Crippen LogP) is 13.0. The van der Waals surface area contributed by atoms with Crippen LogP contribution in [0.15, 0.2) is 206 Å². The molecule has 0 aliphatic rings. The summed E-state index contributed by atoms with van der Waals surface area (Å²) >= 11 is 0. The molecule has 0 aliphatic heterocycles. The van der Waals surface area contributed by atoms with Gasteiger partial charge in [0.2, 0.25) is 0 Å². The molecule has 0 radical (unpaired) electrons. The van der Waals surface area contributed by atoms with Gasteiger partial charge in [0.25, 0.3) is 0 Å². The number of para-hydroxylation sites is 2. The van der Waals surface area contributed by atoms with Crippen molar-refractivity contribution in [1.82, 2.24) is 19.5 Å². The Bertz CT molecular complexity index is 2910. The number of nitrogens with zero attached hydrogens (tertiary/aromatic N) is 4. The van der Waals surface area contributed by atoms with Gasteiger partial charge in [-0.15, -0.1) is 0 Å². The summed E-state index contributed by atoms with van der Waals surface area (Å²) in [4.78, 5) is 15.8. The van der Waals surface area contributed by atoms with Crippen LogP contribution in [0.25, 0.3) is 61.7 Å². The molecule has 10 aromatic rings. The zero-order valence-electron chi connectivity index (χ0n) is 32.4. The maximum Gasteiger partial charge on any atom is 0.164 e. The molecule has 2 aromatic heterocycles. The largest absolute Gasteiger partial charge is 0.309 e. The van der Waals surface area contributed by atoms with Crippen LogP contribution >= 0.6 is 0 Å². The van der Waals surface area contributed by atoms with E-state index < -0.39 is 5.41 Å². The predicted molar refractivity (Wildman–Crippen MR) is 238 cm³/mol. The lowest BCUT2D eigenvalue weighted by Crippen LogP contribution is -2.31. The Morgan fingerprint density at radius 2 is 0.759 bits per heavy atom. The molecule has 0 fully saturated rings. The van der Waals surface area contributed by atoms with Crippen LogP contribution in [-0.2, 0) is 5.41 Å². The molecule has 0 saturated heterocycles.